The molecule has 0 aliphatic heterocycles. The van der Waals surface area contributed by atoms with E-state index in [0.29, 0.717) is 11.3 Å². The molecule has 0 spiro atoms. The van der Waals surface area contributed by atoms with Gasteiger partial charge in [0.25, 0.3) is 0 Å². The Bertz CT molecular complexity index is 325. The molecule has 3 heteroatoms. The first-order valence-corrected chi connectivity index (χ1v) is 5.17. The molecule has 2 N–H and O–H groups in total. The molecule has 0 bridgehead atoms. The molecule has 0 aliphatic rings. The largest absolute Gasteiger partial charge is 0.491 e. The molecule has 2 nitrogen and oxygen atoms in total. The molecule has 0 saturated heterocycles. The van der Waals surface area contributed by atoms with Gasteiger partial charge in [0.15, 0.2) is 0 Å². The molecule has 1 rings (SSSR count). The van der Waals surface area contributed by atoms with Crippen LogP contribution in [0.3, 0.4) is 0 Å². The van der Waals surface area contributed by atoms with Crippen molar-refractivity contribution in [1.29, 1.82) is 0 Å². The summed E-state index contributed by atoms with van der Waals surface area (Å²) in [4.78, 5) is 0. The zero-order valence-electron chi connectivity index (χ0n) is 9.46. The summed E-state index contributed by atoms with van der Waals surface area (Å²) in [6.45, 7) is 5.62. The molecule has 0 radical (unpaired) electrons. The van der Waals surface area contributed by atoms with Gasteiger partial charge < -0.3 is 10.5 Å². The highest BCUT2D eigenvalue weighted by Gasteiger charge is 2.07. The minimum Gasteiger partial charge on any atom is -0.491 e. The molecule has 1 aromatic carbocycles. The van der Waals surface area contributed by atoms with E-state index in [-0.39, 0.29) is 18.0 Å². The van der Waals surface area contributed by atoms with Crippen LogP contribution in [0.2, 0.25) is 0 Å². The van der Waals surface area contributed by atoms with Gasteiger partial charge in [0, 0.05) is 6.04 Å². The summed E-state index contributed by atoms with van der Waals surface area (Å²) in [5, 5.41) is 0. The second kappa shape index (κ2) is 5.12. The fraction of sp³-hybridized carbons (Fsp3) is 0.500. The maximum absolute atomic E-state index is 13.0. The maximum Gasteiger partial charge on any atom is 0.126 e. The van der Waals surface area contributed by atoms with Crippen molar-refractivity contribution >= 4 is 0 Å². The predicted molar refractivity (Wildman–Crippen MR) is 59.5 cm³/mol. The van der Waals surface area contributed by atoms with Crippen LogP contribution in [-0.4, -0.2) is 12.1 Å². The third kappa shape index (κ3) is 3.88. The lowest BCUT2D eigenvalue weighted by Crippen LogP contribution is -2.24. The highest BCUT2D eigenvalue weighted by molar-refractivity contribution is 5.28. The summed E-state index contributed by atoms with van der Waals surface area (Å²) in [5.74, 6) is 0.490. The van der Waals surface area contributed by atoms with E-state index < -0.39 is 0 Å². The van der Waals surface area contributed by atoms with Crippen molar-refractivity contribution in [3.63, 3.8) is 0 Å². The number of aryl methyl sites for hydroxylation is 1. The third-order valence-electron chi connectivity index (χ3n) is 2.17. The van der Waals surface area contributed by atoms with Crippen molar-refractivity contribution < 1.29 is 9.13 Å². The standard InChI is InChI=1S/C12H18FNO/c1-8-6-11(4-5-12(8)13)15-10(3)7-9(2)14/h4-6,9-10H,7,14H2,1-3H3. The number of rotatable bonds is 4. The average Bonchev–Trinajstić information content (AvgIpc) is 2.10. The molecule has 0 aromatic heterocycles. The lowest BCUT2D eigenvalue weighted by molar-refractivity contribution is 0.203. The summed E-state index contributed by atoms with van der Waals surface area (Å²) in [5.41, 5.74) is 6.26. The summed E-state index contributed by atoms with van der Waals surface area (Å²) >= 11 is 0. The van der Waals surface area contributed by atoms with Crippen molar-refractivity contribution in [3.05, 3.63) is 29.6 Å². The zero-order valence-corrected chi connectivity index (χ0v) is 9.46. The molecule has 2 atom stereocenters. The van der Waals surface area contributed by atoms with Gasteiger partial charge in [-0.3, -0.25) is 0 Å². The van der Waals surface area contributed by atoms with Gasteiger partial charge in [0.05, 0.1) is 6.10 Å². The second-order valence-corrected chi connectivity index (χ2v) is 4.05. The van der Waals surface area contributed by atoms with Gasteiger partial charge in [0.2, 0.25) is 0 Å². The van der Waals surface area contributed by atoms with Crippen molar-refractivity contribution in [3.8, 4) is 5.75 Å². The molecular formula is C12H18FNO. The lowest BCUT2D eigenvalue weighted by Gasteiger charge is -2.16. The van der Waals surface area contributed by atoms with E-state index in [9.17, 15) is 4.39 Å². The summed E-state index contributed by atoms with van der Waals surface area (Å²) in [6.07, 6.45) is 0.839. The first-order valence-electron chi connectivity index (χ1n) is 5.17. The number of benzene rings is 1. The number of hydrogen-bond acceptors (Lipinski definition) is 2. The molecule has 0 heterocycles. The number of ether oxygens (including phenoxy) is 1. The highest BCUT2D eigenvalue weighted by Crippen LogP contribution is 2.18. The average molecular weight is 211 g/mol. The Morgan fingerprint density at radius 1 is 1.40 bits per heavy atom. The van der Waals surface area contributed by atoms with Crippen LogP contribution in [-0.2, 0) is 0 Å². The Morgan fingerprint density at radius 2 is 2.07 bits per heavy atom. The minimum atomic E-state index is -0.206. The SMILES string of the molecule is Cc1cc(OC(C)CC(C)N)ccc1F. The monoisotopic (exact) mass is 211 g/mol. The number of nitrogens with two attached hydrogens (primary N) is 1. The molecule has 0 fully saturated rings. The van der Waals surface area contributed by atoms with Crippen LogP contribution in [0.25, 0.3) is 0 Å². The Hall–Kier alpha value is -1.09. The molecule has 2 unspecified atom stereocenters. The van der Waals surface area contributed by atoms with Crippen LogP contribution < -0.4 is 10.5 Å². The summed E-state index contributed by atoms with van der Waals surface area (Å²) < 4.78 is 18.6. The smallest absolute Gasteiger partial charge is 0.126 e. The fourth-order valence-electron chi connectivity index (χ4n) is 1.49. The Morgan fingerprint density at radius 3 is 2.60 bits per heavy atom. The third-order valence-corrected chi connectivity index (χ3v) is 2.17. The number of hydrogen-bond donors (Lipinski definition) is 1. The minimum absolute atomic E-state index is 0.0508. The van der Waals surface area contributed by atoms with Gasteiger partial charge >= 0.3 is 0 Å². The van der Waals surface area contributed by atoms with Crippen LogP contribution in [0.5, 0.6) is 5.75 Å². The molecule has 1 aromatic rings. The molecule has 0 saturated carbocycles. The summed E-state index contributed by atoms with van der Waals surface area (Å²) in [7, 11) is 0. The predicted octanol–water partition coefficient (Wildman–Crippen LogP) is 2.64. The van der Waals surface area contributed by atoms with Crippen molar-refractivity contribution in [2.75, 3.05) is 0 Å². The molecule has 15 heavy (non-hydrogen) atoms. The van der Waals surface area contributed by atoms with Crippen LogP contribution in [0, 0.1) is 12.7 Å². The summed E-state index contributed by atoms with van der Waals surface area (Å²) in [6, 6.07) is 4.87. The van der Waals surface area contributed by atoms with E-state index in [1.807, 2.05) is 13.8 Å². The van der Waals surface area contributed by atoms with E-state index in [0.717, 1.165) is 6.42 Å². The second-order valence-electron chi connectivity index (χ2n) is 4.05. The van der Waals surface area contributed by atoms with E-state index >= 15 is 0 Å². The van der Waals surface area contributed by atoms with Gasteiger partial charge in [-0.1, -0.05) is 0 Å². The van der Waals surface area contributed by atoms with Crippen LogP contribution in [0.1, 0.15) is 25.8 Å². The fourth-order valence-corrected chi connectivity index (χ4v) is 1.49. The van der Waals surface area contributed by atoms with Crippen LogP contribution >= 0.6 is 0 Å². The van der Waals surface area contributed by atoms with Crippen LogP contribution in [0.15, 0.2) is 18.2 Å². The Labute approximate surface area is 90.2 Å². The van der Waals surface area contributed by atoms with E-state index in [4.69, 9.17) is 10.5 Å². The van der Waals surface area contributed by atoms with Gasteiger partial charge in [-0.25, -0.2) is 4.39 Å². The first-order chi connectivity index (χ1) is 6.99. The van der Waals surface area contributed by atoms with E-state index in [2.05, 4.69) is 0 Å². The van der Waals surface area contributed by atoms with Gasteiger partial charge in [0.1, 0.15) is 11.6 Å². The zero-order chi connectivity index (χ0) is 11.4. The van der Waals surface area contributed by atoms with Crippen LogP contribution in [0.4, 0.5) is 4.39 Å². The van der Waals surface area contributed by atoms with Crippen molar-refractivity contribution in [1.82, 2.24) is 0 Å². The lowest BCUT2D eigenvalue weighted by atomic mass is 10.1. The van der Waals surface area contributed by atoms with Gasteiger partial charge in [-0.05, 0) is 51.0 Å². The van der Waals surface area contributed by atoms with E-state index in [1.165, 1.54) is 6.07 Å². The normalized spacial score (nSPS) is 14.7. The number of halogens is 1. The highest BCUT2D eigenvalue weighted by atomic mass is 19.1. The maximum atomic E-state index is 13.0. The van der Waals surface area contributed by atoms with Gasteiger partial charge in [-0.15, -0.1) is 0 Å². The molecular weight excluding hydrogens is 193 g/mol. The Balaban J connectivity index is 2.60. The van der Waals surface area contributed by atoms with Gasteiger partial charge in [-0.2, -0.15) is 0 Å². The van der Waals surface area contributed by atoms with Crippen molar-refractivity contribution in [2.45, 2.75) is 39.3 Å². The first kappa shape index (κ1) is 12.0. The molecule has 84 valence electrons. The quantitative estimate of drug-likeness (QED) is 0.831. The topological polar surface area (TPSA) is 35.2 Å². The van der Waals surface area contributed by atoms with E-state index in [1.54, 1.807) is 19.1 Å². The Kier molecular flexibility index (Phi) is 4.09. The van der Waals surface area contributed by atoms with Crippen molar-refractivity contribution in [2.24, 2.45) is 5.73 Å². The molecule has 0 aliphatic carbocycles. The molecule has 0 amide bonds.